The molecule has 2 rings (SSSR count). The molecule has 1 N–H and O–H groups in total. The first-order chi connectivity index (χ1) is 9.11. The molecule has 0 aliphatic rings. The predicted molar refractivity (Wildman–Crippen MR) is 76.9 cm³/mol. The van der Waals surface area contributed by atoms with Gasteiger partial charge in [0.25, 0.3) is 0 Å². The molecule has 0 unspecified atom stereocenters. The fraction of sp³-hybridized carbons (Fsp3) is 0.143. The summed E-state index contributed by atoms with van der Waals surface area (Å²) in [7, 11) is 0. The molecule has 19 heavy (non-hydrogen) atoms. The van der Waals surface area contributed by atoms with E-state index in [1.165, 1.54) is 0 Å². The van der Waals surface area contributed by atoms with E-state index in [0.717, 1.165) is 23.4 Å². The second-order valence-electron chi connectivity index (χ2n) is 3.92. The van der Waals surface area contributed by atoms with Crippen LogP contribution in [0.25, 0.3) is 17.0 Å². The average Bonchev–Trinajstić information content (AvgIpc) is 2.39. The van der Waals surface area contributed by atoms with E-state index < -0.39 is 5.97 Å². The minimum absolute atomic E-state index is 0.280. The number of fused-ring (bicyclic) bond motifs is 1. The SMILES string of the molecule is O=C(O)c1cc(=O)c2cc(C=CCCBr)ccc2o1. The van der Waals surface area contributed by atoms with Gasteiger partial charge in [-0.25, -0.2) is 4.79 Å². The van der Waals surface area contributed by atoms with Gasteiger partial charge in [-0.1, -0.05) is 34.1 Å². The smallest absolute Gasteiger partial charge is 0.371 e. The molecule has 2 aromatic rings. The Morgan fingerprint density at radius 1 is 1.37 bits per heavy atom. The molecule has 4 nitrogen and oxygen atoms in total. The Balaban J connectivity index is 2.49. The molecule has 0 fully saturated rings. The molecule has 0 radical (unpaired) electrons. The quantitative estimate of drug-likeness (QED) is 0.877. The fourth-order valence-corrected chi connectivity index (χ4v) is 1.93. The molecule has 1 aromatic heterocycles. The Labute approximate surface area is 117 Å². The van der Waals surface area contributed by atoms with Gasteiger partial charge in [0.2, 0.25) is 5.76 Å². The molecular formula is C14H11BrO4. The van der Waals surface area contributed by atoms with Gasteiger partial charge in [0, 0.05) is 11.4 Å². The molecule has 1 heterocycles. The highest BCUT2D eigenvalue weighted by atomic mass is 79.9. The molecule has 0 saturated carbocycles. The van der Waals surface area contributed by atoms with E-state index in [2.05, 4.69) is 15.9 Å². The molecule has 0 amide bonds. The van der Waals surface area contributed by atoms with Crippen molar-refractivity contribution < 1.29 is 14.3 Å². The highest BCUT2D eigenvalue weighted by molar-refractivity contribution is 9.09. The maximum Gasteiger partial charge on any atom is 0.371 e. The Morgan fingerprint density at radius 3 is 2.84 bits per heavy atom. The standard InChI is InChI=1S/C14H11BrO4/c15-6-2-1-3-9-4-5-12-10(7-9)11(16)8-13(19-12)14(17)18/h1,3-5,7-8H,2,6H2,(H,17,18). The third-order valence-electron chi connectivity index (χ3n) is 2.55. The van der Waals surface area contributed by atoms with Gasteiger partial charge in [0.15, 0.2) is 5.43 Å². The maximum absolute atomic E-state index is 11.8. The Kier molecular flexibility index (Phi) is 4.16. The van der Waals surface area contributed by atoms with Crippen LogP contribution >= 0.6 is 15.9 Å². The van der Waals surface area contributed by atoms with Crippen LogP contribution in [0.2, 0.25) is 0 Å². The highest BCUT2D eigenvalue weighted by Gasteiger charge is 2.10. The topological polar surface area (TPSA) is 67.5 Å². The summed E-state index contributed by atoms with van der Waals surface area (Å²) in [5.41, 5.74) is 0.806. The third-order valence-corrected chi connectivity index (χ3v) is 3.01. The molecule has 0 aliphatic heterocycles. The van der Waals surface area contributed by atoms with Gasteiger partial charge in [-0.3, -0.25) is 4.79 Å². The molecule has 0 atom stereocenters. The largest absolute Gasteiger partial charge is 0.475 e. The number of carboxylic acid groups (broad SMARTS) is 1. The lowest BCUT2D eigenvalue weighted by atomic mass is 10.1. The molecule has 0 aliphatic carbocycles. The third kappa shape index (κ3) is 3.12. The normalized spacial score (nSPS) is 11.2. The van der Waals surface area contributed by atoms with Gasteiger partial charge in [0.05, 0.1) is 5.39 Å². The summed E-state index contributed by atoms with van der Waals surface area (Å²) in [6, 6.07) is 6.08. The summed E-state index contributed by atoms with van der Waals surface area (Å²) < 4.78 is 5.15. The van der Waals surface area contributed by atoms with Crippen LogP contribution < -0.4 is 5.43 Å². The van der Waals surface area contributed by atoms with Gasteiger partial charge in [-0.15, -0.1) is 0 Å². The zero-order valence-corrected chi connectivity index (χ0v) is 11.5. The van der Waals surface area contributed by atoms with E-state index in [9.17, 15) is 9.59 Å². The first-order valence-corrected chi connectivity index (χ1v) is 6.77. The van der Waals surface area contributed by atoms with Crippen molar-refractivity contribution in [1.29, 1.82) is 0 Å². The predicted octanol–water partition coefficient (Wildman–Crippen LogP) is 3.29. The van der Waals surface area contributed by atoms with Crippen molar-refractivity contribution in [3.05, 3.63) is 51.9 Å². The van der Waals surface area contributed by atoms with Crippen LogP contribution in [0.3, 0.4) is 0 Å². The number of benzene rings is 1. The Hall–Kier alpha value is -1.88. The second-order valence-corrected chi connectivity index (χ2v) is 4.71. The lowest BCUT2D eigenvalue weighted by molar-refractivity contribution is 0.0663. The molecule has 0 spiro atoms. The first-order valence-electron chi connectivity index (χ1n) is 5.65. The summed E-state index contributed by atoms with van der Waals surface area (Å²) in [6.07, 6.45) is 4.79. The van der Waals surface area contributed by atoms with E-state index >= 15 is 0 Å². The van der Waals surface area contributed by atoms with Crippen molar-refractivity contribution in [2.45, 2.75) is 6.42 Å². The zero-order valence-electron chi connectivity index (χ0n) is 9.93. The Morgan fingerprint density at radius 2 is 2.16 bits per heavy atom. The molecule has 1 aromatic carbocycles. The van der Waals surface area contributed by atoms with Crippen molar-refractivity contribution in [3.63, 3.8) is 0 Å². The average molecular weight is 323 g/mol. The number of allylic oxidation sites excluding steroid dienone is 1. The van der Waals surface area contributed by atoms with Crippen LogP contribution in [0.4, 0.5) is 0 Å². The van der Waals surface area contributed by atoms with Crippen molar-refractivity contribution in [1.82, 2.24) is 0 Å². The van der Waals surface area contributed by atoms with E-state index in [1.54, 1.807) is 18.2 Å². The van der Waals surface area contributed by atoms with Crippen LogP contribution in [0, 0.1) is 0 Å². The zero-order chi connectivity index (χ0) is 13.8. The summed E-state index contributed by atoms with van der Waals surface area (Å²) in [4.78, 5) is 22.6. The monoisotopic (exact) mass is 322 g/mol. The number of carboxylic acids is 1. The summed E-state index contributed by atoms with van der Waals surface area (Å²) >= 11 is 3.32. The van der Waals surface area contributed by atoms with Gasteiger partial charge in [0.1, 0.15) is 5.58 Å². The van der Waals surface area contributed by atoms with Crippen molar-refractivity contribution in [3.8, 4) is 0 Å². The van der Waals surface area contributed by atoms with Crippen LogP contribution in [-0.2, 0) is 0 Å². The van der Waals surface area contributed by atoms with E-state index in [0.29, 0.717) is 5.39 Å². The number of alkyl halides is 1. The van der Waals surface area contributed by atoms with E-state index in [4.69, 9.17) is 9.52 Å². The molecular weight excluding hydrogens is 312 g/mol. The van der Waals surface area contributed by atoms with Gasteiger partial charge in [-0.2, -0.15) is 0 Å². The number of hydrogen-bond acceptors (Lipinski definition) is 3. The highest BCUT2D eigenvalue weighted by Crippen LogP contribution is 2.15. The van der Waals surface area contributed by atoms with Gasteiger partial charge in [-0.05, 0) is 24.1 Å². The Bertz CT molecular complexity index is 700. The lowest BCUT2D eigenvalue weighted by Crippen LogP contribution is -2.06. The number of hydrogen-bond donors (Lipinski definition) is 1. The van der Waals surface area contributed by atoms with Crippen molar-refractivity contribution >= 4 is 38.9 Å². The van der Waals surface area contributed by atoms with Crippen LogP contribution in [0.1, 0.15) is 22.5 Å². The summed E-state index contributed by atoms with van der Waals surface area (Å²) in [5, 5.41) is 10.1. The minimum Gasteiger partial charge on any atom is -0.475 e. The van der Waals surface area contributed by atoms with Gasteiger partial charge >= 0.3 is 5.97 Å². The van der Waals surface area contributed by atoms with E-state index in [1.807, 2.05) is 12.2 Å². The lowest BCUT2D eigenvalue weighted by Gasteiger charge is -2.00. The van der Waals surface area contributed by atoms with Crippen LogP contribution in [0.5, 0.6) is 0 Å². The second kappa shape index (κ2) is 5.84. The van der Waals surface area contributed by atoms with E-state index in [-0.39, 0.29) is 16.8 Å². The molecule has 0 bridgehead atoms. The molecule has 0 saturated heterocycles. The molecule has 98 valence electrons. The van der Waals surface area contributed by atoms with Crippen LogP contribution in [-0.4, -0.2) is 16.4 Å². The fourth-order valence-electron chi connectivity index (χ4n) is 1.67. The molecule has 5 heteroatoms. The summed E-state index contributed by atoms with van der Waals surface area (Å²) in [6.45, 7) is 0. The number of halogens is 1. The first kappa shape index (κ1) is 13.5. The van der Waals surface area contributed by atoms with Gasteiger partial charge < -0.3 is 9.52 Å². The van der Waals surface area contributed by atoms with Crippen molar-refractivity contribution in [2.24, 2.45) is 0 Å². The minimum atomic E-state index is -1.25. The maximum atomic E-state index is 11.8. The van der Waals surface area contributed by atoms with Crippen molar-refractivity contribution in [2.75, 3.05) is 5.33 Å². The number of aromatic carboxylic acids is 1. The number of rotatable bonds is 4. The summed E-state index contributed by atoms with van der Waals surface area (Å²) in [5.74, 6) is -1.60. The number of carbonyl (C=O) groups is 1. The van der Waals surface area contributed by atoms with Crippen LogP contribution in [0.15, 0.2) is 39.6 Å².